The summed E-state index contributed by atoms with van der Waals surface area (Å²) >= 11 is 7.63. The van der Waals surface area contributed by atoms with Crippen LogP contribution in [-0.2, 0) is 12.8 Å². The van der Waals surface area contributed by atoms with E-state index in [1.165, 1.54) is 5.56 Å². The van der Waals surface area contributed by atoms with Gasteiger partial charge in [0.15, 0.2) is 11.0 Å². The summed E-state index contributed by atoms with van der Waals surface area (Å²) in [5, 5.41) is 10.6. The third kappa shape index (κ3) is 3.49. The zero-order valence-corrected chi connectivity index (χ0v) is 17.8. The molecule has 3 heterocycles. The number of benzene rings is 2. The Morgan fingerprint density at radius 3 is 2.47 bits per heavy atom. The molecule has 0 radical (unpaired) electrons. The van der Waals surface area contributed by atoms with Gasteiger partial charge in [0.1, 0.15) is 17.0 Å². The van der Waals surface area contributed by atoms with E-state index in [2.05, 4.69) is 26.7 Å². The molecule has 0 saturated heterocycles. The summed E-state index contributed by atoms with van der Waals surface area (Å²) in [5.74, 6) is 1.58. The molecule has 2 aromatic carbocycles. The van der Waals surface area contributed by atoms with Crippen molar-refractivity contribution in [2.45, 2.75) is 10.9 Å². The minimum atomic E-state index is 0.741. The molecule has 0 aliphatic heterocycles. The monoisotopic (exact) mass is 431 g/mol. The SMILES string of the molecule is Cn1c(SCc2ccc(Cl)cc2)nnc1-c1c(-c2ccccc2)nc2ccccn12. The van der Waals surface area contributed by atoms with Gasteiger partial charge >= 0.3 is 0 Å². The van der Waals surface area contributed by atoms with E-state index >= 15 is 0 Å². The largest absolute Gasteiger partial charge is 0.304 e. The highest BCUT2D eigenvalue weighted by Gasteiger charge is 2.21. The Morgan fingerprint density at radius 1 is 0.900 bits per heavy atom. The predicted molar refractivity (Wildman–Crippen MR) is 122 cm³/mol. The minimum Gasteiger partial charge on any atom is -0.304 e. The normalized spacial score (nSPS) is 11.3. The fourth-order valence-electron chi connectivity index (χ4n) is 3.38. The van der Waals surface area contributed by atoms with E-state index in [1.54, 1.807) is 11.8 Å². The van der Waals surface area contributed by atoms with Crippen molar-refractivity contribution in [3.8, 4) is 22.8 Å². The van der Waals surface area contributed by atoms with E-state index in [0.29, 0.717) is 0 Å². The molecular formula is C23H18ClN5S. The number of rotatable bonds is 5. The number of thioether (sulfide) groups is 1. The van der Waals surface area contributed by atoms with Crippen LogP contribution in [0.1, 0.15) is 5.56 Å². The second-order valence-corrected chi connectivity index (χ2v) is 8.26. The lowest BCUT2D eigenvalue weighted by atomic mass is 10.1. The molecule has 148 valence electrons. The number of hydrogen-bond acceptors (Lipinski definition) is 4. The lowest BCUT2D eigenvalue weighted by Crippen LogP contribution is -1.99. The van der Waals surface area contributed by atoms with Gasteiger partial charge in [0.25, 0.3) is 0 Å². The van der Waals surface area contributed by atoms with Gasteiger partial charge in [0.2, 0.25) is 0 Å². The molecule has 0 bridgehead atoms. The van der Waals surface area contributed by atoms with Crippen LogP contribution in [0, 0.1) is 0 Å². The predicted octanol–water partition coefficient (Wildman–Crippen LogP) is 5.74. The molecule has 0 amide bonds. The maximum absolute atomic E-state index is 5.99. The third-order valence-corrected chi connectivity index (χ3v) is 6.25. The molecule has 5 nitrogen and oxygen atoms in total. The Kier molecular flexibility index (Phi) is 5.02. The van der Waals surface area contributed by atoms with Crippen LogP contribution in [0.3, 0.4) is 0 Å². The Balaban J connectivity index is 1.55. The molecule has 0 atom stereocenters. The molecule has 0 aliphatic rings. The van der Waals surface area contributed by atoms with Crippen molar-refractivity contribution >= 4 is 29.0 Å². The Labute approximate surface area is 183 Å². The maximum atomic E-state index is 5.99. The van der Waals surface area contributed by atoms with E-state index in [-0.39, 0.29) is 0 Å². The van der Waals surface area contributed by atoms with Crippen LogP contribution in [0.15, 0.2) is 84.1 Å². The first-order valence-electron chi connectivity index (χ1n) is 9.50. The number of hydrogen-bond donors (Lipinski definition) is 0. The summed E-state index contributed by atoms with van der Waals surface area (Å²) in [6.45, 7) is 0. The first kappa shape index (κ1) is 18.9. The second kappa shape index (κ2) is 7.97. The summed E-state index contributed by atoms with van der Waals surface area (Å²) < 4.78 is 4.10. The van der Waals surface area contributed by atoms with Crippen molar-refractivity contribution in [1.29, 1.82) is 0 Å². The molecule has 5 rings (SSSR count). The van der Waals surface area contributed by atoms with Crippen LogP contribution in [0.5, 0.6) is 0 Å². The van der Waals surface area contributed by atoms with E-state index in [9.17, 15) is 0 Å². The molecule has 30 heavy (non-hydrogen) atoms. The van der Waals surface area contributed by atoms with Gasteiger partial charge < -0.3 is 4.57 Å². The van der Waals surface area contributed by atoms with Crippen LogP contribution in [-0.4, -0.2) is 24.1 Å². The first-order valence-corrected chi connectivity index (χ1v) is 10.9. The smallest absolute Gasteiger partial charge is 0.191 e. The van der Waals surface area contributed by atoms with Crippen molar-refractivity contribution in [2.75, 3.05) is 0 Å². The Hall–Kier alpha value is -3.09. The molecule has 0 fully saturated rings. The average molecular weight is 432 g/mol. The summed E-state index contributed by atoms with van der Waals surface area (Å²) in [4.78, 5) is 4.87. The minimum absolute atomic E-state index is 0.741. The average Bonchev–Trinajstić information content (AvgIpc) is 3.34. The summed E-state index contributed by atoms with van der Waals surface area (Å²) in [7, 11) is 2.00. The van der Waals surface area contributed by atoms with Gasteiger partial charge in [-0.05, 0) is 29.8 Å². The molecule has 5 aromatic rings. The highest BCUT2D eigenvalue weighted by molar-refractivity contribution is 7.98. The Bertz CT molecular complexity index is 1310. The van der Waals surface area contributed by atoms with E-state index in [0.717, 1.165) is 44.4 Å². The number of halogens is 1. The lowest BCUT2D eigenvalue weighted by molar-refractivity contribution is 0.791. The third-order valence-electron chi connectivity index (χ3n) is 4.91. The standard InChI is InChI=1S/C23H18ClN5S/c1-28-22(26-27-23(28)30-15-16-10-12-18(24)13-11-16)21-20(17-7-3-2-4-8-17)25-19-9-5-6-14-29(19)21/h2-14H,15H2,1H3. The van der Waals surface area contributed by atoms with E-state index < -0.39 is 0 Å². The van der Waals surface area contributed by atoms with Gasteiger partial charge in [0.05, 0.1) is 0 Å². The van der Waals surface area contributed by atoms with Gasteiger partial charge in [-0.1, -0.05) is 71.9 Å². The number of aromatic nitrogens is 5. The highest BCUT2D eigenvalue weighted by atomic mass is 35.5. The van der Waals surface area contributed by atoms with Gasteiger partial charge in [-0.2, -0.15) is 0 Å². The quantitative estimate of drug-likeness (QED) is 0.333. The second-order valence-electron chi connectivity index (χ2n) is 6.88. The molecule has 0 unspecified atom stereocenters. The van der Waals surface area contributed by atoms with Crippen molar-refractivity contribution in [1.82, 2.24) is 24.1 Å². The van der Waals surface area contributed by atoms with Gasteiger partial charge in [-0.15, -0.1) is 10.2 Å². The number of imidazole rings is 1. The molecular weight excluding hydrogens is 414 g/mol. The van der Waals surface area contributed by atoms with E-state index in [4.69, 9.17) is 16.6 Å². The zero-order chi connectivity index (χ0) is 20.5. The summed E-state index contributed by atoms with van der Waals surface area (Å²) in [6, 6.07) is 24.1. The van der Waals surface area contributed by atoms with Crippen molar-refractivity contribution in [3.63, 3.8) is 0 Å². The van der Waals surface area contributed by atoms with E-state index in [1.807, 2.05) is 78.5 Å². The number of fused-ring (bicyclic) bond motifs is 1. The van der Waals surface area contributed by atoms with Crippen molar-refractivity contribution in [3.05, 3.63) is 89.6 Å². The molecule has 7 heteroatoms. The molecule has 0 spiro atoms. The van der Waals surface area contributed by atoms with Gasteiger partial charge in [0, 0.05) is 29.6 Å². The van der Waals surface area contributed by atoms with Crippen LogP contribution in [0.25, 0.3) is 28.4 Å². The summed E-state index contributed by atoms with van der Waals surface area (Å²) in [6.07, 6.45) is 2.01. The zero-order valence-electron chi connectivity index (χ0n) is 16.2. The van der Waals surface area contributed by atoms with Gasteiger partial charge in [-0.3, -0.25) is 4.40 Å². The molecule has 0 aliphatic carbocycles. The van der Waals surface area contributed by atoms with Gasteiger partial charge in [-0.25, -0.2) is 4.98 Å². The van der Waals surface area contributed by atoms with Crippen LogP contribution >= 0.6 is 23.4 Å². The number of nitrogens with zero attached hydrogens (tertiary/aromatic N) is 5. The highest BCUT2D eigenvalue weighted by Crippen LogP contribution is 2.33. The topological polar surface area (TPSA) is 48.0 Å². The number of pyridine rings is 1. The van der Waals surface area contributed by atoms with Crippen LogP contribution < -0.4 is 0 Å². The summed E-state index contributed by atoms with van der Waals surface area (Å²) in [5.41, 5.74) is 4.95. The van der Waals surface area contributed by atoms with Crippen LogP contribution in [0.4, 0.5) is 0 Å². The van der Waals surface area contributed by atoms with Crippen LogP contribution in [0.2, 0.25) is 5.02 Å². The Morgan fingerprint density at radius 2 is 1.67 bits per heavy atom. The lowest BCUT2D eigenvalue weighted by Gasteiger charge is -2.07. The first-order chi connectivity index (χ1) is 14.7. The fourth-order valence-corrected chi connectivity index (χ4v) is 4.37. The molecule has 0 saturated carbocycles. The van der Waals surface area contributed by atoms with Crippen molar-refractivity contribution < 1.29 is 0 Å². The maximum Gasteiger partial charge on any atom is 0.191 e. The fraction of sp³-hybridized carbons (Fsp3) is 0.0870. The molecule has 0 N–H and O–H groups in total. The van der Waals surface area contributed by atoms with Crippen molar-refractivity contribution in [2.24, 2.45) is 7.05 Å². The molecule has 3 aromatic heterocycles.